The van der Waals surface area contributed by atoms with Gasteiger partial charge in [0.25, 0.3) is 5.91 Å². The number of carbonyl (C=O) groups is 2. The van der Waals surface area contributed by atoms with E-state index in [9.17, 15) is 9.59 Å². The summed E-state index contributed by atoms with van der Waals surface area (Å²) >= 11 is 0. The molecule has 2 saturated carbocycles. The average Bonchev–Trinajstić information content (AvgIpc) is 2.82. The van der Waals surface area contributed by atoms with Crippen LogP contribution in [0.2, 0.25) is 0 Å². The van der Waals surface area contributed by atoms with E-state index in [1.165, 1.54) is 6.42 Å². The second-order valence-corrected chi connectivity index (χ2v) is 9.09. The molecule has 0 unspecified atom stereocenters. The molecule has 0 radical (unpaired) electrons. The van der Waals surface area contributed by atoms with Crippen LogP contribution in [0, 0.1) is 6.92 Å². The van der Waals surface area contributed by atoms with Gasteiger partial charge in [-0.15, -0.1) is 0 Å². The lowest BCUT2D eigenvalue weighted by Gasteiger charge is -2.45. The molecule has 4 rings (SSSR count). The number of hydrogen-bond donors (Lipinski definition) is 1. The third-order valence-electron chi connectivity index (χ3n) is 6.85. The highest BCUT2D eigenvalue weighted by molar-refractivity contribution is 6.10. The highest BCUT2D eigenvalue weighted by Gasteiger charge is 2.48. The Labute approximate surface area is 185 Å². The zero-order valence-corrected chi connectivity index (χ0v) is 18.5. The minimum absolute atomic E-state index is 0.00366. The van der Waals surface area contributed by atoms with E-state index in [0.717, 1.165) is 56.2 Å². The Morgan fingerprint density at radius 2 is 1.61 bits per heavy atom. The predicted molar refractivity (Wildman–Crippen MR) is 123 cm³/mol. The number of hydrogen-bond acceptors (Lipinski definition) is 3. The normalized spacial score (nSPS) is 18.9. The number of amides is 2. The maximum Gasteiger partial charge on any atom is 0.277 e. The van der Waals surface area contributed by atoms with E-state index in [1.807, 2.05) is 37.3 Å². The van der Waals surface area contributed by atoms with Crippen LogP contribution in [0.5, 0.6) is 0 Å². The topological polar surface area (TPSA) is 62.3 Å². The first-order valence-corrected chi connectivity index (χ1v) is 11.7. The summed E-state index contributed by atoms with van der Waals surface area (Å²) in [5.41, 5.74) is 1.39. The van der Waals surface area contributed by atoms with E-state index < -0.39 is 5.54 Å². The van der Waals surface area contributed by atoms with Crippen molar-refractivity contribution in [3.8, 4) is 0 Å². The van der Waals surface area contributed by atoms with Gasteiger partial charge in [-0.3, -0.25) is 19.5 Å². The summed E-state index contributed by atoms with van der Waals surface area (Å²) < 4.78 is 0. The molecule has 5 nitrogen and oxygen atoms in total. The van der Waals surface area contributed by atoms with Crippen LogP contribution in [0.3, 0.4) is 0 Å². The predicted octanol–water partition coefficient (Wildman–Crippen LogP) is 5.19. The van der Waals surface area contributed by atoms with Crippen molar-refractivity contribution in [1.82, 2.24) is 10.3 Å². The molecular formula is C26H33N3O2. The van der Waals surface area contributed by atoms with Crippen LogP contribution >= 0.6 is 0 Å². The molecule has 164 valence electrons. The first-order chi connectivity index (χ1) is 15.1. The van der Waals surface area contributed by atoms with Crippen LogP contribution in [0.25, 0.3) is 0 Å². The summed E-state index contributed by atoms with van der Waals surface area (Å²) in [6.45, 7) is 2.03. The molecule has 2 aliphatic carbocycles. The Bertz CT molecular complexity index is 883. The zero-order chi connectivity index (χ0) is 21.7. The number of nitrogens with one attached hydrogen (secondary N) is 1. The zero-order valence-electron chi connectivity index (χ0n) is 18.5. The summed E-state index contributed by atoms with van der Waals surface area (Å²) in [5.74, 6) is -0.200. The van der Waals surface area contributed by atoms with Gasteiger partial charge in [0.2, 0.25) is 5.91 Å². The smallest absolute Gasteiger partial charge is 0.277 e. The molecule has 0 saturated heterocycles. The summed E-state index contributed by atoms with van der Waals surface area (Å²) in [7, 11) is 0. The maximum absolute atomic E-state index is 13.9. The van der Waals surface area contributed by atoms with Crippen molar-refractivity contribution in [1.29, 1.82) is 0 Å². The van der Waals surface area contributed by atoms with Crippen molar-refractivity contribution in [3.05, 3.63) is 59.9 Å². The lowest BCUT2D eigenvalue weighted by molar-refractivity contribution is -0.128. The molecular weight excluding hydrogens is 386 g/mol. The Balaban J connectivity index is 1.75. The van der Waals surface area contributed by atoms with Crippen molar-refractivity contribution in [2.75, 3.05) is 4.90 Å². The number of aromatic nitrogens is 1. The largest absolute Gasteiger partial charge is 0.351 e. The number of aryl methyl sites for hydroxylation is 1. The van der Waals surface area contributed by atoms with Gasteiger partial charge in [-0.25, -0.2) is 0 Å². The van der Waals surface area contributed by atoms with E-state index in [0.29, 0.717) is 18.5 Å². The van der Waals surface area contributed by atoms with Gasteiger partial charge in [0.05, 0.1) is 0 Å². The fourth-order valence-electron chi connectivity index (χ4n) is 5.11. The lowest BCUT2D eigenvalue weighted by atomic mass is 9.78. The Morgan fingerprint density at radius 1 is 0.935 bits per heavy atom. The lowest BCUT2D eigenvalue weighted by Crippen LogP contribution is -2.63. The highest BCUT2D eigenvalue weighted by Crippen LogP contribution is 2.39. The Hall–Kier alpha value is -2.69. The van der Waals surface area contributed by atoms with Gasteiger partial charge in [-0.1, -0.05) is 62.3 Å². The fraction of sp³-hybridized carbons (Fsp3) is 0.500. The Kier molecular flexibility index (Phi) is 6.69. The van der Waals surface area contributed by atoms with Gasteiger partial charge in [0, 0.05) is 17.9 Å². The molecule has 1 N–H and O–H groups in total. The quantitative estimate of drug-likeness (QED) is 0.725. The summed E-state index contributed by atoms with van der Waals surface area (Å²) in [5, 5.41) is 3.34. The first kappa shape index (κ1) is 21.5. The molecule has 1 aromatic heterocycles. The highest BCUT2D eigenvalue weighted by atomic mass is 16.2. The molecule has 0 atom stereocenters. The van der Waals surface area contributed by atoms with Crippen LogP contribution in [0.1, 0.15) is 80.3 Å². The van der Waals surface area contributed by atoms with Crippen LogP contribution in [-0.4, -0.2) is 28.4 Å². The van der Waals surface area contributed by atoms with E-state index in [4.69, 9.17) is 0 Å². The number of anilines is 1. The van der Waals surface area contributed by atoms with Gasteiger partial charge in [-0.05, 0) is 56.9 Å². The first-order valence-electron chi connectivity index (χ1n) is 11.7. The summed E-state index contributed by atoms with van der Waals surface area (Å²) in [6, 6.07) is 13.5. The monoisotopic (exact) mass is 419 g/mol. The third kappa shape index (κ3) is 4.65. The second-order valence-electron chi connectivity index (χ2n) is 9.09. The van der Waals surface area contributed by atoms with Gasteiger partial charge < -0.3 is 5.32 Å². The standard InChI is InChI=1S/C26H33N3O2/c1-20-13-15-22(16-14-20)29(24(30)23-12-6-9-19-27-23)26(17-7-3-8-18-26)25(31)28-21-10-4-2-5-11-21/h6,9,12-16,19,21H,2-5,7-8,10-11,17-18H2,1H3,(H,28,31). The molecule has 0 bridgehead atoms. The van der Waals surface area contributed by atoms with E-state index in [-0.39, 0.29) is 17.9 Å². The van der Waals surface area contributed by atoms with Gasteiger partial charge >= 0.3 is 0 Å². The molecule has 0 aliphatic heterocycles. The Morgan fingerprint density at radius 3 is 2.26 bits per heavy atom. The number of pyridine rings is 1. The molecule has 2 amide bonds. The van der Waals surface area contributed by atoms with E-state index >= 15 is 0 Å². The van der Waals surface area contributed by atoms with Crippen molar-refractivity contribution in [2.24, 2.45) is 0 Å². The van der Waals surface area contributed by atoms with Crippen molar-refractivity contribution < 1.29 is 9.59 Å². The minimum Gasteiger partial charge on any atom is -0.351 e. The van der Waals surface area contributed by atoms with Crippen LogP contribution in [0.4, 0.5) is 5.69 Å². The van der Waals surface area contributed by atoms with Gasteiger partial charge in [0.15, 0.2) is 0 Å². The number of benzene rings is 1. The van der Waals surface area contributed by atoms with Gasteiger partial charge in [0.1, 0.15) is 11.2 Å². The molecule has 1 heterocycles. The van der Waals surface area contributed by atoms with Crippen molar-refractivity contribution in [3.63, 3.8) is 0 Å². The third-order valence-corrected chi connectivity index (χ3v) is 6.85. The number of rotatable bonds is 5. The fourth-order valence-corrected chi connectivity index (χ4v) is 5.11. The maximum atomic E-state index is 13.9. The van der Waals surface area contributed by atoms with E-state index in [2.05, 4.69) is 10.3 Å². The molecule has 0 spiro atoms. The molecule has 1 aromatic carbocycles. The van der Waals surface area contributed by atoms with Crippen molar-refractivity contribution >= 4 is 17.5 Å². The van der Waals surface area contributed by atoms with Crippen LogP contribution in [0.15, 0.2) is 48.7 Å². The van der Waals surface area contributed by atoms with Crippen LogP contribution in [-0.2, 0) is 4.79 Å². The molecule has 2 aromatic rings. The molecule has 2 aliphatic rings. The molecule has 5 heteroatoms. The van der Waals surface area contributed by atoms with Crippen molar-refractivity contribution in [2.45, 2.75) is 82.7 Å². The molecule has 2 fully saturated rings. The van der Waals surface area contributed by atoms with Gasteiger partial charge in [-0.2, -0.15) is 0 Å². The van der Waals surface area contributed by atoms with E-state index in [1.54, 1.807) is 23.2 Å². The second kappa shape index (κ2) is 9.63. The SMILES string of the molecule is Cc1ccc(N(C(=O)c2ccccn2)C2(C(=O)NC3CCCCC3)CCCCC2)cc1. The minimum atomic E-state index is -0.875. The average molecular weight is 420 g/mol. The summed E-state index contributed by atoms with van der Waals surface area (Å²) in [4.78, 5) is 33.8. The molecule has 31 heavy (non-hydrogen) atoms. The number of nitrogens with zero attached hydrogens (tertiary/aromatic N) is 2. The summed E-state index contributed by atoms with van der Waals surface area (Å²) in [6.07, 6.45) is 11.6. The van der Waals surface area contributed by atoms with Crippen LogP contribution < -0.4 is 10.2 Å². The number of carbonyl (C=O) groups excluding carboxylic acids is 2.